The number of carbonyl (C=O) groups excluding carboxylic acids is 1. The average molecular weight is 252 g/mol. The first-order chi connectivity index (χ1) is 7.40. The first kappa shape index (κ1) is 15.3. The third kappa shape index (κ3) is 6.76. The van der Waals surface area contributed by atoms with Crippen molar-refractivity contribution in [2.45, 2.75) is 12.8 Å². The van der Waals surface area contributed by atoms with Gasteiger partial charge in [-0.15, -0.1) is 0 Å². The Bertz CT molecular complexity index is 301. The summed E-state index contributed by atoms with van der Waals surface area (Å²) >= 11 is 0. The number of hydrogen-bond donors (Lipinski definition) is 1. The highest BCUT2D eigenvalue weighted by Crippen LogP contribution is 1.96. The van der Waals surface area contributed by atoms with E-state index in [-0.39, 0.29) is 18.1 Å². The van der Waals surface area contributed by atoms with Crippen LogP contribution < -0.4 is 5.32 Å². The Kier molecular flexibility index (Phi) is 7.27. The highest BCUT2D eigenvalue weighted by molar-refractivity contribution is 7.89. The maximum absolute atomic E-state index is 11.3. The van der Waals surface area contributed by atoms with E-state index >= 15 is 0 Å². The van der Waals surface area contributed by atoms with Crippen molar-refractivity contribution in [2.75, 3.05) is 40.1 Å². The number of carbonyl (C=O) groups is 1. The van der Waals surface area contributed by atoms with Crippen LogP contribution in [0.3, 0.4) is 0 Å². The van der Waals surface area contributed by atoms with Crippen LogP contribution in [0.5, 0.6) is 0 Å². The van der Waals surface area contributed by atoms with Crippen LogP contribution >= 0.6 is 0 Å². The van der Waals surface area contributed by atoms with Crippen molar-refractivity contribution in [1.29, 1.82) is 0 Å². The second-order valence-electron chi connectivity index (χ2n) is 3.54. The van der Waals surface area contributed by atoms with Gasteiger partial charge in [-0.3, -0.25) is 4.79 Å². The third-order valence-electron chi connectivity index (χ3n) is 1.99. The molecule has 0 aliphatic rings. The minimum atomic E-state index is -3.28. The number of sulfonamides is 1. The molecule has 96 valence electrons. The summed E-state index contributed by atoms with van der Waals surface area (Å²) in [6, 6.07) is 0. The van der Waals surface area contributed by atoms with Crippen LogP contribution in [0.2, 0.25) is 0 Å². The van der Waals surface area contributed by atoms with Gasteiger partial charge in [-0.05, 0) is 6.42 Å². The monoisotopic (exact) mass is 252 g/mol. The van der Waals surface area contributed by atoms with Crippen molar-refractivity contribution < 1.29 is 17.9 Å². The van der Waals surface area contributed by atoms with Gasteiger partial charge in [0.15, 0.2) is 0 Å². The number of rotatable bonds is 8. The van der Waals surface area contributed by atoms with E-state index in [4.69, 9.17) is 4.74 Å². The lowest BCUT2D eigenvalue weighted by atomic mass is 10.4. The van der Waals surface area contributed by atoms with Crippen molar-refractivity contribution in [3.8, 4) is 0 Å². The van der Waals surface area contributed by atoms with Gasteiger partial charge in [0.2, 0.25) is 15.9 Å². The van der Waals surface area contributed by atoms with E-state index < -0.39 is 10.0 Å². The Morgan fingerprint density at radius 1 is 1.38 bits per heavy atom. The largest absolute Gasteiger partial charge is 0.385 e. The molecule has 0 aromatic rings. The number of hydrogen-bond acceptors (Lipinski definition) is 4. The van der Waals surface area contributed by atoms with Crippen LogP contribution in [0.15, 0.2) is 0 Å². The minimum Gasteiger partial charge on any atom is -0.385 e. The molecule has 0 rings (SSSR count). The van der Waals surface area contributed by atoms with Crippen molar-refractivity contribution in [3.63, 3.8) is 0 Å². The summed E-state index contributed by atoms with van der Waals surface area (Å²) in [6.07, 6.45) is 0.718. The fourth-order valence-electron chi connectivity index (χ4n) is 0.937. The summed E-state index contributed by atoms with van der Waals surface area (Å²) in [4.78, 5) is 11.2. The summed E-state index contributed by atoms with van der Waals surface area (Å²) in [6.45, 7) is 1.09. The second kappa shape index (κ2) is 7.59. The molecule has 0 spiro atoms. The average Bonchev–Trinajstić information content (AvgIpc) is 2.21. The van der Waals surface area contributed by atoms with Crippen molar-refractivity contribution in [3.05, 3.63) is 0 Å². The normalized spacial score (nSPS) is 11.8. The van der Waals surface area contributed by atoms with Gasteiger partial charge in [0, 0.05) is 40.8 Å². The predicted octanol–water partition coefficient (Wildman–Crippen LogP) is -0.579. The third-order valence-corrected chi connectivity index (χ3v) is 3.82. The fraction of sp³-hybridized carbons (Fsp3) is 0.889. The van der Waals surface area contributed by atoms with Gasteiger partial charge in [0.25, 0.3) is 0 Å². The summed E-state index contributed by atoms with van der Waals surface area (Å²) in [5.41, 5.74) is 0. The molecule has 0 aromatic carbocycles. The molecule has 7 heteroatoms. The Hall–Kier alpha value is -0.660. The second-order valence-corrected chi connectivity index (χ2v) is 5.85. The summed E-state index contributed by atoms with van der Waals surface area (Å²) < 4.78 is 28.6. The van der Waals surface area contributed by atoms with Crippen molar-refractivity contribution >= 4 is 15.9 Å². The maximum atomic E-state index is 11.3. The Morgan fingerprint density at radius 3 is 2.50 bits per heavy atom. The van der Waals surface area contributed by atoms with Crippen LogP contribution in [0.25, 0.3) is 0 Å². The zero-order valence-electron chi connectivity index (χ0n) is 10.0. The molecule has 0 fully saturated rings. The molecule has 0 aliphatic carbocycles. The molecule has 0 atom stereocenters. The molecule has 0 aliphatic heterocycles. The van der Waals surface area contributed by atoms with E-state index in [0.29, 0.717) is 13.2 Å². The predicted molar refractivity (Wildman–Crippen MR) is 61.6 cm³/mol. The number of nitrogens with zero attached hydrogens (tertiary/aromatic N) is 1. The van der Waals surface area contributed by atoms with Crippen LogP contribution in [-0.2, 0) is 19.6 Å². The molecular formula is C9H20N2O4S. The van der Waals surface area contributed by atoms with E-state index in [0.717, 1.165) is 10.7 Å². The Balaban J connectivity index is 3.74. The molecular weight excluding hydrogens is 232 g/mol. The molecule has 0 heterocycles. The zero-order chi connectivity index (χ0) is 12.6. The SMILES string of the molecule is COCCCNC(=O)CCS(=O)(=O)N(C)C. The van der Waals surface area contributed by atoms with Gasteiger partial charge in [-0.25, -0.2) is 12.7 Å². The molecule has 0 unspecified atom stereocenters. The molecule has 0 saturated heterocycles. The Morgan fingerprint density at radius 2 is 2.00 bits per heavy atom. The molecule has 6 nitrogen and oxygen atoms in total. The van der Waals surface area contributed by atoms with Gasteiger partial charge in [-0.1, -0.05) is 0 Å². The van der Waals surface area contributed by atoms with Crippen molar-refractivity contribution in [2.24, 2.45) is 0 Å². The van der Waals surface area contributed by atoms with Gasteiger partial charge >= 0.3 is 0 Å². The molecule has 0 radical (unpaired) electrons. The standard InChI is InChI=1S/C9H20N2O4S/c1-11(2)16(13,14)8-5-9(12)10-6-4-7-15-3/h4-8H2,1-3H3,(H,10,12). The van der Waals surface area contributed by atoms with Crippen LogP contribution in [0.4, 0.5) is 0 Å². The number of amides is 1. The molecule has 16 heavy (non-hydrogen) atoms. The van der Waals surface area contributed by atoms with Gasteiger partial charge in [0.1, 0.15) is 0 Å². The Labute approximate surface area is 97.0 Å². The maximum Gasteiger partial charge on any atom is 0.221 e. The first-order valence-corrected chi connectivity index (χ1v) is 6.67. The van der Waals surface area contributed by atoms with Gasteiger partial charge in [0.05, 0.1) is 5.75 Å². The topological polar surface area (TPSA) is 75.7 Å². The molecule has 0 aromatic heterocycles. The smallest absolute Gasteiger partial charge is 0.221 e. The van der Waals surface area contributed by atoms with E-state index in [1.807, 2.05) is 0 Å². The van der Waals surface area contributed by atoms with Crippen LogP contribution in [-0.4, -0.2) is 58.7 Å². The first-order valence-electron chi connectivity index (χ1n) is 5.06. The fourth-order valence-corrected chi connectivity index (χ4v) is 1.75. The number of ether oxygens (including phenoxy) is 1. The number of methoxy groups -OCH3 is 1. The molecule has 0 saturated carbocycles. The van der Waals surface area contributed by atoms with Gasteiger partial charge in [-0.2, -0.15) is 0 Å². The lowest BCUT2D eigenvalue weighted by Gasteiger charge is -2.10. The quantitative estimate of drug-likeness (QED) is 0.586. The molecule has 1 N–H and O–H groups in total. The van der Waals surface area contributed by atoms with E-state index in [1.54, 1.807) is 7.11 Å². The van der Waals surface area contributed by atoms with E-state index in [2.05, 4.69) is 5.32 Å². The zero-order valence-corrected chi connectivity index (χ0v) is 10.8. The minimum absolute atomic E-state index is 0.00645. The summed E-state index contributed by atoms with van der Waals surface area (Å²) in [7, 11) is 1.21. The highest BCUT2D eigenvalue weighted by Gasteiger charge is 2.15. The van der Waals surface area contributed by atoms with Crippen molar-refractivity contribution in [1.82, 2.24) is 9.62 Å². The van der Waals surface area contributed by atoms with E-state index in [9.17, 15) is 13.2 Å². The highest BCUT2D eigenvalue weighted by atomic mass is 32.2. The van der Waals surface area contributed by atoms with Crippen LogP contribution in [0, 0.1) is 0 Å². The van der Waals surface area contributed by atoms with Crippen LogP contribution in [0.1, 0.15) is 12.8 Å². The summed E-state index contributed by atoms with van der Waals surface area (Å²) in [5.74, 6) is -0.405. The molecule has 0 bridgehead atoms. The molecule has 1 amide bonds. The lowest BCUT2D eigenvalue weighted by molar-refractivity contribution is -0.120. The van der Waals surface area contributed by atoms with Gasteiger partial charge < -0.3 is 10.1 Å². The number of nitrogens with one attached hydrogen (secondary N) is 1. The van der Waals surface area contributed by atoms with E-state index in [1.165, 1.54) is 14.1 Å². The lowest BCUT2D eigenvalue weighted by Crippen LogP contribution is -2.31. The summed E-state index contributed by atoms with van der Waals surface area (Å²) in [5, 5.41) is 2.63.